The Balaban J connectivity index is 1.56. The van der Waals surface area contributed by atoms with E-state index in [1.165, 1.54) is 31.2 Å². The van der Waals surface area contributed by atoms with Crippen molar-refractivity contribution in [3.63, 3.8) is 0 Å². The number of rotatable bonds is 5. The summed E-state index contributed by atoms with van der Waals surface area (Å²) in [7, 11) is 0. The first-order valence-corrected chi connectivity index (χ1v) is 10.3. The summed E-state index contributed by atoms with van der Waals surface area (Å²) in [6, 6.07) is 4.35. The molecule has 0 radical (unpaired) electrons. The molecule has 2 aromatic rings. The molecule has 9 heteroatoms. The first-order chi connectivity index (χ1) is 14.2. The number of aromatic hydroxyl groups is 2. The lowest BCUT2D eigenvalue weighted by atomic mass is 10.1. The van der Waals surface area contributed by atoms with E-state index >= 15 is 0 Å². The maximum atomic E-state index is 9.88. The van der Waals surface area contributed by atoms with Crippen LogP contribution in [0.4, 0.5) is 17.8 Å². The highest BCUT2D eigenvalue weighted by molar-refractivity contribution is 5.84. The number of benzene rings is 1. The van der Waals surface area contributed by atoms with Crippen LogP contribution >= 0.6 is 0 Å². The van der Waals surface area contributed by atoms with E-state index < -0.39 is 0 Å². The summed E-state index contributed by atoms with van der Waals surface area (Å²) in [6.45, 7) is 3.81. The van der Waals surface area contributed by atoms with Crippen LogP contribution in [-0.4, -0.2) is 57.6 Å². The predicted molar refractivity (Wildman–Crippen MR) is 113 cm³/mol. The lowest BCUT2D eigenvalue weighted by Crippen LogP contribution is -2.34. The Bertz CT molecular complexity index is 826. The zero-order valence-corrected chi connectivity index (χ0v) is 16.5. The quantitative estimate of drug-likeness (QED) is 0.522. The smallest absolute Gasteiger partial charge is 0.250 e. The van der Waals surface area contributed by atoms with E-state index in [0.717, 1.165) is 51.9 Å². The molecule has 29 heavy (non-hydrogen) atoms. The summed E-state index contributed by atoms with van der Waals surface area (Å²) in [5.74, 6) is 1.71. The maximum absolute atomic E-state index is 9.88. The number of piperidine rings is 2. The van der Waals surface area contributed by atoms with Gasteiger partial charge in [-0.1, -0.05) is 0 Å². The SMILES string of the molecule is Oc1ccc(C=NNc2nc(N3CCCCC3)nc(N3CCCCC3)n2)c(O)c1. The Kier molecular flexibility index (Phi) is 5.92. The summed E-state index contributed by atoms with van der Waals surface area (Å²) in [5, 5.41) is 23.4. The second-order valence-electron chi connectivity index (χ2n) is 7.47. The molecule has 1 aromatic heterocycles. The van der Waals surface area contributed by atoms with Gasteiger partial charge in [0.1, 0.15) is 11.5 Å². The predicted octanol–water partition coefficient (Wildman–Crippen LogP) is 2.71. The lowest BCUT2D eigenvalue weighted by molar-refractivity contribution is 0.450. The molecule has 0 saturated carbocycles. The number of nitrogens with one attached hydrogen (secondary N) is 1. The topological polar surface area (TPSA) is 110 Å². The second-order valence-corrected chi connectivity index (χ2v) is 7.47. The first kappa shape index (κ1) is 19.2. The molecule has 3 heterocycles. The van der Waals surface area contributed by atoms with Gasteiger partial charge >= 0.3 is 0 Å². The second kappa shape index (κ2) is 8.93. The van der Waals surface area contributed by atoms with Crippen LogP contribution in [0.3, 0.4) is 0 Å². The zero-order valence-electron chi connectivity index (χ0n) is 16.5. The molecule has 1 aromatic carbocycles. The van der Waals surface area contributed by atoms with Crippen molar-refractivity contribution in [1.82, 2.24) is 15.0 Å². The molecular weight excluding hydrogens is 370 g/mol. The van der Waals surface area contributed by atoms with Gasteiger partial charge in [0.15, 0.2) is 0 Å². The van der Waals surface area contributed by atoms with Crippen molar-refractivity contribution < 1.29 is 10.2 Å². The van der Waals surface area contributed by atoms with E-state index in [-0.39, 0.29) is 11.5 Å². The fourth-order valence-electron chi connectivity index (χ4n) is 3.68. The van der Waals surface area contributed by atoms with E-state index in [2.05, 4.69) is 30.3 Å². The van der Waals surface area contributed by atoms with Gasteiger partial charge < -0.3 is 20.0 Å². The highest BCUT2D eigenvalue weighted by Crippen LogP contribution is 2.23. The number of phenolic OH excluding ortho intramolecular Hbond substituents is 2. The molecule has 4 rings (SSSR count). The van der Waals surface area contributed by atoms with E-state index in [4.69, 9.17) is 4.98 Å². The van der Waals surface area contributed by atoms with Gasteiger partial charge in [-0.3, -0.25) is 0 Å². The molecule has 0 unspecified atom stereocenters. The van der Waals surface area contributed by atoms with E-state index in [0.29, 0.717) is 23.4 Å². The largest absolute Gasteiger partial charge is 0.508 e. The Morgan fingerprint density at radius 1 is 0.828 bits per heavy atom. The highest BCUT2D eigenvalue weighted by Gasteiger charge is 2.20. The fraction of sp³-hybridized carbons (Fsp3) is 0.500. The van der Waals surface area contributed by atoms with Gasteiger partial charge in [0, 0.05) is 37.8 Å². The van der Waals surface area contributed by atoms with Crippen molar-refractivity contribution in [2.24, 2.45) is 5.10 Å². The number of hydrazone groups is 1. The number of hydrogen-bond acceptors (Lipinski definition) is 9. The van der Waals surface area contributed by atoms with Gasteiger partial charge in [0.2, 0.25) is 17.8 Å². The Labute approximate surface area is 170 Å². The van der Waals surface area contributed by atoms with Gasteiger partial charge in [0.25, 0.3) is 0 Å². The lowest BCUT2D eigenvalue weighted by Gasteiger charge is -2.30. The Morgan fingerprint density at radius 3 is 1.97 bits per heavy atom. The summed E-state index contributed by atoms with van der Waals surface area (Å²) in [6.07, 6.45) is 8.53. The van der Waals surface area contributed by atoms with Crippen LogP contribution in [0, 0.1) is 0 Å². The summed E-state index contributed by atoms with van der Waals surface area (Å²) >= 11 is 0. The molecule has 0 bridgehead atoms. The van der Waals surface area contributed by atoms with Gasteiger partial charge in [-0.05, 0) is 50.7 Å². The van der Waals surface area contributed by atoms with Crippen molar-refractivity contribution in [2.45, 2.75) is 38.5 Å². The molecule has 9 nitrogen and oxygen atoms in total. The standard InChI is InChI=1S/C20H27N7O2/c28-16-8-7-15(17(29)13-16)14-21-25-18-22-19(26-9-3-1-4-10-26)24-20(23-18)27-11-5-2-6-12-27/h7-8,13-14,28-29H,1-6,9-12H2,(H,22,23,24,25). The van der Waals surface area contributed by atoms with Crippen molar-refractivity contribution in [1.29, 1.82) is 0 Å². The minimum atomic E-state index is -0.0470. The highest BCUT2D eigenvalue weighted by atomic mass is 16.3. The van der Waals surface area contributed by atoms with Crippen molar-refractivity contribution in [3.8, 4) is 11.5 Å². The molecule has 2 aliphatic heterocycles. The summed E-state index contributed by atoms with van der Waals surface area (Å²) < 4.78 is 0. The van der Waals surface area contributed by atoms with Gasteiger partial charge in [-0.25, -0.2) is 5.43 Å². The molecule has 2 saturated heterocycles. The molecule has 3 N–H and O–H groups in total. The molecule has 0 atom stereocenters. The first-order valence-electron chi connectivity index (χ1n) is 10.3. The van der Waals surface area contributed by atoms with Crippen LogP contribution in [0.1, 0.15) is 44.1 Å². The number of aromatic nitrogens is 3. The number of phenols is 2. The van der Waals surface area contributed by atoms with Crippen molar-refractivity contribution in [2.75, 3.05) is 41.4 Å². The van der Waals surface area contributed by atoms with Crippen LogP contribution < -0.4 is 15.2 Å². The van der Waals surface area contributed by atoms with Crippen LogP contribution in [0.2, 0.25) is 0 Å². The molecule has 0 spiro atoms. The molecule has 154 valence electrons. The molecule has 2 fully saturated rings. The molecule has 0 aliphatic carbocycles. The fourth-order valence-corrected chi connectivity index (χ4v) is 3.68. The van der Waals surface area contributed by atoms with Gasteiger partial charge in [-0.2, -0.15) is 20.1 Å². The number of nitrogens with zero attached hydrogens (tertiary/aromatic N) is 6. The van der Waals surface area contributed by atoms with E-state index in [1.807, 2.05) is 0 Å². The van der Waals surface area contributed by atoms with Crippen LogP contribution in [0.25, 0.3) is 0 Å². The van der Waals surface area contributed by atoms with Crippen molar-refractivity contribution >= 4 is 24.1 Å². The van der Waals surface area contributed by atoms with Crippen LogP contribution in [-0.2, 0) is 0 Å². The monoisotopic (exact) mass is 397 g/mol. The summed E-state index contributed by atoms with van der Waals surface area (Å²) in [4.78, 5) is 18.3. The molecule has 0 amide bonds. The summed E-state index contributed by atoms with van der Waals surface area (Å²) in [5.41, 5.74) is 3.36. The third-order valence-corrected chi connectivity index (χ3v) is 5.27. The van der Waals surface area contributed by atoms with Crippen molar-refractivity contribution in [3.05, 3.63) is 23.8 Å². The van der Waals surface area contributed by atoms with Crippen LogP contribution in [0.15, 0.2) is 23.3 Å². The Hall–Kier alpha value is -3.10. The van der Waals surface area contributed by atoms with Crippen LogP contribution in [0.5, 0.6) is 11.5 Å². The zero-order chi connectivity index (χ0) is 20.1. The van der Waals surface area contributed by atoms with Gasteiger partial charge in [0.05, 0.1) is 6.21 Å². The van der Waals surface area contributed by atoms with E-state index in [1.54, 1.807) is 6.07 Å². The van der Waals surface area contributed by atoms with Gasteiger partial charge in [-0.15, -0.1) is 0 Å². The average molecular weight is 397 g/mol. The maximum Gasteiger partial charge on any atom is 0.250 e. The minimum absolute atomic E-state index is 0.00224. The average Bonchev–Trinajstić information content (AvgIpc) is 2.76. The molecular formula is C20H27N7O2. The third kappa shape index (κ3) is 4.85. The minimum Gasteiger partial charge on any atom is -0.508 e. The normalized spacial score (nSPS) is 17.7. The Morgan fingerprint density at radius 2 is 1.41 bits per heavy atom. The third-order valence-electron chi connectivity index (χ3n) is 5.27. The number of hydrogen-bond donors (Lipinski definition) is 3. The van der Waals surface area contributed by atoms with E-state index in [9.17, 15) is 10.2 Å². The molecule has 2 aliphatic rings. The number of anilines is 3.